The SMILES string of the molecule is OC1CCN(Cc2cc(F)cc(Br)c2)C1. The number of rotatable bonds is 2. The number of nitrogens with zero attached hydrogens (tertiary/aromatic N) is 1. The molecule has 0 spiro atoms. The smallest absolute Gasteiger partial charge is 0.124 e. The molecule has 1 aromatic rings. The first-order chi connectivity index (χ1) is 7.13. The summed E-state index contributed by atoms with van der Waals surface area (Å²) in [6, 6.07) is 4.89. The van der Waals surface area contributed by atoms with Crippen LogP contribution in [0, 0.1) is 5.82 Å². The maximum atomic E-state index is 13.1. The van der Waals surface area contributed by atoms with E-state index < -0.39 is 0 Å². The van der Waals surface area contributed by atoms with Crippen LogP contribution in [0.4, 0.5) is 4.39 Å². The van der Waals surface area contributed by atoms with Crippen LogP contribution in [-0.4, -0.2) is 29.2 Å². The highest BCUT2D eigenvalue weighted by Gasteiger charge is 2.20. The maximum Gasteiger partial charge on any atom is 0.124 e. The summed E-state index contributed by atoms with van der Waals surface area (Å²) in [5, 5.41) is 9.36. The minimum atomic E-state index is -0.223. The van der Waals surface area contributed by atoms with Crippen LogP contribution in [0.2, 0.25) is 0 Å². The average molecular weight is 274 g/mol. The first-order valence-corrected chi connectivity index (χ1v) is 5.78. The first-order valence-electron chi connectivity index (χ1n) is 4.99. The monoisotopic (exact) mass is 273 g/mol. The quantitative estimate of drug-likeness (QED) is 0.893. The molecule has 1 aliphatic heterocycles. The van der Waals surface area contributed by atoms with E-state index in [1.807, 2.05) is 6.07 Å². The van der Waals surface area contributed by atoms with Crippen LogP contribution in [0.3, 0.4) is 0 Å². The number of benzene rings is 1. The van der Waals surface area contributed by atoms with E-state index in [0.717, 1.165) is 23.0 Å². The van der Waals surface area contributed by atoms with E-state index in [4.69, 9.17) is 0 Å². The molecule has 0 bridgehead atoms. The molecule has 1 aromatic carbocycles. The predicted molar refractivity (Wildman–Crippen MR) is 60.0 cm³/mol. The Morgan fingerprint density at radius 1 is 1.47 bits per heavy atom. The van der Waals surface area contributed by atoms with Gasteiger partial charge in [-0.25, -0.2) is 4.39 Å². The molecule has 2 nitrogen and oxygen atoms in total. The maximum absolute atomic E-state index is 13.1. The number of aliphatic hydroxyl groups excluding tert-OH is 1. The van der Waals surface area contributed by atoms with Gasteiger partial charge >= 0.3 is 0 Å². The van der Waals surface area contributed by atoms with Crippen LogP contribution in [0.5, 0.6) is 0 Å². The van der Waals surface area contributed by atoms with Crippen molar-refractivity contribution in [1.29, 1.82) is 0 Å². The number of likely N-dealkylation sites (tertiary alicyclic amines) is 1. The summed E-state index contributed by atoms with van der Waals surface area (Å²) in [5.74, 6) is -0.223. The van der Waals surface area contributed by atoms with Crippen molar-refractivity contribution in [2.75, 3.05) is 13.1 Å². The third-order valence-corrected chi connectivity index (χ3v) is 3.03. The van der Waals surface area contributed by atoms with E-state index in [2.05, 4.69) is 20.8 Å². The second-order valence-corrected chi connectivity index (χ2v) is 4.87. The molecule has 1 fully saturated rings. The fourth-order valence-electron chi connectivity index (χ4n) is 1.92. The number of hydrogen-bond acceptors (Lipinski definition) is 2. The van der Waals surface area contributed by atoms with Crippen LogP contribution in [0.1, 0.15) is 12.0 Å². The van der Waals surface area contributed by atoms with Crippen molar-refractivity contribution >= 4 is 15.9 Å². The Morgan fingerprint density at radius 2 is 2.27 bits per heavy atom. The Morgan fingerprint density at radius 3 is 2.87 bits per heavy atom. The molecular formula is C11H13BrFNO. The fraction of sp³-hybridized carbons (Fsp3) is 0.455. The lowest BCUT2D eigenvalue weighted by molar-refractivity contribution is 0.175. The van der Waals surface area contributed by atoms with Gasteiger partial charge in [0.1, 0.15) is 5.82 Å². The zero-order valence-electron chi connectivity index (χ0n) is 8.29. The Labute approximate surface area is 96.8 Å². The summed E-state index contributed by atoms with van der Waals surface area (Å²) >= 11 is 3.27. The number of β-amino-alcohol motifs (C(OH)–C–C–N with tert-alkyl or cyclic N) is 1. The molecule has 0 amide bonds. The summed E-state index contributed by atoms with van der Waals surface area (Å²) in [6.07, 6.45) is 0.596. The van der Waals surface area contributed by atoms with Crippen molar-refractivity contribution in [1.82, 2.24) is 4.90 Å². The zero-order valence-corrected chi connectivity index (χ0v) is 9.87. The van der Waals surface area contributed by atoms with Crippen LogP contribution in [-0.2, 0) is 6.54 Å². The summed E-state index contributed by atoms with van der Waals surface area (Å²) in [7, 11) is 0. The van der Waals surface area contributed by atoms with Gasteiger partial charge in [-0.15, -0.1) is 0 Å². The normalized spacial score (nSPS) is 22.2. The Balaban J connectivity index is 2.04. The van der Waals surface area contributed by atoms with Gasteiger partial charge in [-0.3, -0.25) is 4.90 Å². The predicted octanol–water partition coefficient (Wildman–Crippen LogP) is 2.15. The molecule has 15 heavy (non-hydrogen) atoms. The molecule has 1 N–H and O–H groups in total. The number of aliphatic hydroxyl groups is 1. The molecule has 1 heterocycles. The van der Waals surface area contributed by atoms with Gasteiger partial charge < -0.3 is 5.11 Å². The molecule has 1 aliphatic rings. The molecule has 0 aliphatic carbocycles. The third-order valence-electron chi connectivity index (χ3n) is 2.58. The van der Waals surface area contributed by atoms with Crippen LogP contribution < -0.4 is 0 Å². The lowest BCUT2D eigenvalue weighted by Crippen LogP contribution is -2.21. The number of hydrogen-bond donors (Lipinski definition) is 1. The van der Waals surface area contributed by atoms with E-state index >= 15 is 0 Å². The molecule has 0 radical (unpaired) electrons. The van der Waals surface area contributed by atoms with E-state index in [1.54, 1.807) is 0 Å². The lowest BCUT2D eigenvalue weighted by Gasteiger charge is -2.14. The van der Waals surface area contributed by atoms with Crippen LogP contribution in [0.25, 0.3) is 0 Å². The highest BCUT2D eigenvalue weighted by Crippen LogP contribution is 2.18. The minimum Gasteiger partial charge on any atom is -0.392 e. The first kappa shape index (κ1) is 11.0. The average Bonchev–Trinajstić information content (AvgIpc) is 2.49. The van der Waals surface area contributed by atoms with E-state index in [0.29, 0.717) is 13.1 Å². The summed E-state index contributed by atoms with van der Waals surface area (Å²) in [4.78, 5) is 2.13. The molecule has 1 saturated heterocycles. The van der Waals surface area contributed by atoms with E-state index in [9.17, 15) is 9.50 Å². The van der Waals surface area contributed by atoms with Crippen molar-refractivity contribution in [2.24, 2.45) is 0 Å². The zero-order chi connectivity index (χ0) is 10.8. The van der Waals surface area contributed by atoms with Crippen molar-refractivity contribution in [3.05, 3.63) is 34.1 Å². The minimum absolute atomic E-state index is 0.220. The van der Waals surface area contributed by atoms with Gasteiger partial charge in [0.2, 0.25) is 0 Å². The summed E-state index contributed by atoms with van der Waals surface area (Å²) in [6.45, 7) is 2.27. The van der Waals surface area contributed by atoms with Crippen molar-refractivity contribution in [3.63, 3.8) is 0 Å². The highest BCUT2D eigenvalue weighted by molar-refractivity contribution is 9.10. The molecule has 1 unspecified atom stereocenters. The molecular weight excluding hydrogens is 261 g/mol. The van der Waals surface area contributed by atoms with Gasteiger partial charge in [-0.05, 0) is 30.2 Å². The molecule has 1 atom stereocenters. The highest BCUT2D eigenvalue weighted by atomic mass is 79.9. The molecule has 2 rings (SSSR count). The van der Waals surface area contributed by atoms with Gasteiger partial charge in [-0.1, -0.05) is 15.9 Å². The van der Waals surface area contributed by atoms with Crippen LogP contribution >= 0.6 is 15.9 Å². The summed E-state index contributed by atoms with van der Waals surface area (Å²) < 4.78 is 13.8. The second kappa shape index (κ2) is 4.60. The fourth-order valence-corrected chi connectivity index (χ4v) is 2.43. The lowest BCUT2D eigenvalue weighted by atomic mass is 10.2. The standard InChI is InChI=1S/C11H13BrFNO/c12-9-3-8(4-10(13)5-9)6-14-2-1-11(15)7-14/h3-5,11,15H,1-2,6-7H2. The molecule has 0 saturated carbocycles. The third kappa shape index (κ3) is 3.00. The molecule has 4 heteroatoms. The van der Waals surface area contributed by atoms with Crippen molar-refractivity contribution in [3.8, 4) is 0 Å². The van der Waals surface area contributed by atoms with Gasteiger partial charge in [0.15, 0.2) is 0 Å². The topological polar surface area (TPSA) is 23.5 Å². The Hall–Kier alpha value is -0.450. The molecule has 0 aromatic heterocycles. The van der Waals surface area contributed by atoms with Gasteiger partial charge in [0.25, 0.3) is 0 Å². The van der Waals surface area contributed by atoms with Gasteiger partial charge in [0.05, 0.1) is 6.10 Å². The van der Waals surface area contributed by atoms with Crippen molar-refractivity contribution < 1.29 is 9.50 Å². The van der Waals surface area contributed by atoms with Crippen molar-refractivity contribution in [2.45, 2.75) is 19.1 Å². The largest absolute Gasteiger partial charge is 0.392 e. The summed E-state index contributed by atoms with van der Waals surface area (Å²) in [5.41, 5.74) is 0.941. The second-order valence-electron chi connectivity index (χ2n) is 3.96. The van der Waals surface area contributed by atoms with Crippen LogP contribution in [0.15, 0.2) is 22.7 Å². The Kier molecular flexibility index (Phi) is 3.38. The van der Waals surface area contributed by atoms with Gasteiger partial charge in [-0.2, -0.15) is 0 Å². The van der Waals surface area contributed by atoms with E-state index in [-0.39, 0.29) is 11.9 Å². The van der Waals surface area contributed by atoms with E-state index in [1.165, 1.54) is 12.1 Å². The van der Waals surface area contributed by atoms with Gasteiger partial charge in [0, 0.05) is 24.1 Å². The number of halogens is 2. The Bertz CT molecular complexity index is 338. The molecule has 82 valence electrons.